The standard InChI is InChI=1S/C19H20N2O2/c20-11-6-12-22-21-18-15-9-4-5-10-17(15)23-19(13-16(18)19)14-7-2-1-3-8-14/h1-5,7-10,21H,6,11-13,20H2. The maximum atomic E-state index is 6.36. The molecule has 0 radical (unpaired) electrons. The summed E-state index contributed by atoms with van der Waals surface area (Å²) in [5.41, 5.74) is 12.8. The van der Waals surface area contributed by atoms with Gasteiger partial charge in [0.25, 0.3) is 0 Å². The number of fused-ring (bicyclic) bond motifs is 2. The average molecular weight is 308 g/mol. The largest absolute Gasteiger partial charge is 0.477 e. The molecule has 2 aromatic carbocycles. The van der Waals surface area contributed by atoms with Crippen LogP contribution >= 0.6 is 0 Å². The molecule has 23 heavy (non-hydrogen) atoms. The minimum absolute atomic E-state index is 0.338. The predicted octanol–water partition coefficient (Wildman–Crippen LogP) is 2.96. The van der Waals surface area contributed by atoms with E-state index in [0.29, 0.717) is 13.2 Å². The molecule has 4 nitrogen and oxygen atoms in total. The fraction of sp³-hybridized carbons (Fsp3) is 0.263. The molecule has 0 spiro atoms. The van der Waals surface area contributed by atoms with Crippen LogP contribution in [0.5, 0.6) is 5.75 Å². The third-order valence-corrected chi connectivity index (χ3v) is 4.40. The Bertz CT molecular complexity index is 742. The van der Waals surface area contributed by atoms with Crippen LogP contribution in [0.25, 0.3) is 5.70 Å². The van der Waals surface area contributed by atoms with Gasteiger partial charge in [0.05, 0.1) is 12.3 Å². The number of benzene rings is 2. The van der Waals surface area contributed by atoms with Crippen molar-refractivity contribution in [1.82, 2.24) is 5.48 Å². The lowest BCUT2D eigenvalue weighted by atomic mass is 10.0. The summed E-state index contributed by atoms with van der Waals surface area (Å²) in [5.74, 6) is 0.891. The zero-order valence-electron chi connectivity index (χ0n) is 12.9. The monoisotopic (exact) mass is 308 g/mol. The molecule has 1 aliphatic carbocycles. The van der Waals surface area contributed by atoms with Crippen molar-refractivity contribution in [2.24, 2.45) is 5.73 Å². The minimum Gasteiger partial charge on any atom is -0.477 e. The van der Waals surface area contributed by atoms with E-state index < -0.39 is 0 Å². The van der Waals surface area contributed by atoms with E-state index in [1.165, 1.54) is 11.1 Å². The van der Waals surface area contributed by atoms with Crippen LogP contribution in [0.2, 0.25) is 0 Å². The van der Waals surface area contributed by atoms with Gasteiger partial charge < -0.3 is 10.5 Å². The second-order valence-electron chi connectivity index (χ2n) is 5.91. The zero-order chi connectivity index (χ0) is 15.7. The number of hydroxylamine groups is 1. The Hall–Kier alpha value is -2.30. The molecule has 0 saturated heterocycles. The predicted molar refractivity (Wildman–Crippen MR) is 89.5 cm³/mol. The summed E-state index contributed by atoms with van der Waals surface area (Å²) in [6.07, 6.45) is 1.71. The molecule has 2 aliphatic rings. The normalized spacial score (nSPS) is 21.3. The van der Waals surface area contributed by atoms with Crippen molar-refractivity contribution < 1.29 is 9.57 Å². The molecule has 2 aromatic rings. The van der Waals surface area contributed by atoms with Crippen molar-refractivity contribution in [3.8, 4) is 5.75 Å². The molecule has 1 saturated carbocycles. The molecule has 0 amide bonds. The van der Waals surface area contributed by atoms with Gasteiger partial charge in [-0.1, -0.05) is 42.5 Å². The van der Waals surface area contributed by atoms with E-state index in [1.54, 1.807) is 0 Å². The first-order chi connectivity index (χ1) is 11.3. The Labute approximate surface area is 135 Å². The van der Waals surface area contributed by atoms with Gasteiger partial charge in [0, 0.05) is 23.1 Å². The summed E-state index contributed by atoms with van der Waals surface area (Å²) in [4.78, 5) is 5.60. The Kier molecular flexibility index (Phi) is 3.56. The Morgan fingerprint density at radius 3 is 2.70 bits per heavy atom. The molecule has 1 fully saturated rings. The fourth-order valence-corrected chi connectivity index (χ4v) is 3.14. The highest BCUT2D eigenvalue weighted by Gasteiger charge is 2.58. The first-order valence-corrected chi connectivity index (χ1v) is 8.00. The number of hydrogen-bond acceptors (Lipinski definition) is 4. The van der Waals surface area contributed by atoms with Crippen LogP contribution in [-0.4, -0.2) is 13.2 Å². The summed E-state index contributed by atoms with van der Waals surface area (Å²) in [7, 11) is 0. The van der Waals surface area contributed by atoms with E-state index in [2.05, 4.69) is 35.8 Å². The van der Waals surface area contributed by atoms with Gasteiger partial charge in [-0.2, -0.15) is 0 Å². The Morgan fingerprint density at radius 2 is 1.87 bits per heavy atom. The summed E-state index contributed by atoms with van der Waals surface area (Å²) >= 11 is 0. The number of hydrogen-bond donors (Lipinski definition) is 2. The van der Waals surface area contributed by atoms with Crippen molar-refractivity contribution in [2.75, 3.05) is 13.2 Å². The minimum atomic E-state index is -0.338. The smallest absolute Gasteiger partial charge is 0.162 e. The van der Waals surface area contributed by atoms with Crippen LogP contribution in [0.4, 0.5) is 0 Å². The van der Waals surface area contributed by atoms with Crippen molar-refractivity contribution >= 4 is 5.70 Å². The second kappa shape index (κ2) is 5.72. The van der Waals surface area contributed by atoms with Crippen LogP contribution in [0.1, 0.15) is 24.0 Å². The highest BCUT2D eigenvalue weighted by atomic mass is 16.6. The van der Waals surface area contributed by atoms with Crippen molar-refractivity contribution in [2.45, 2.75) is 18.4 Å². The van der Waals surface area contributed by atoms with Gasteiger partial charge in [0.15, 0.2) is 5.60 Å². The van der Waals surface area contributed by atoms with Crippen LogP contribution in [-0.2, 0) is 10.4 Å². The molecular formula is C19H20N2O2. The van der Waals surface area contributed by atoms with E-state index in [0.717, 1.165) is 29.9 Å². The zero-order valence-corrected chi connectivity index (χ0v) is 12.9. The molecule has 0 aromatic heterocycles. The Balaban J connectivity index is 1.69. The number of rotatable bonds is 6. The second-order valence-corrected chi connectivity index (χ2v) is 5.91. The maximum Gasteiger partial charge on any atom is 0.162 e. The number of nitrogens with two attached hydrogens (primary N) is 1. The fourth-order valence-electron chi connectivity index (χ4n) is 3.14. The molecule has 0 bridgehead atoms. The molecule has 1 heterocycles. The molecule has 3 N–H and O–H groups in total. The van der Waals surface area contributed by atoms with Crippen molar-refractivity contribution in [3.63, 3.8) is 0 Å². The quantitative estimate of drug-likeness (QED) is 0.636. The third-order valence-electron chi connectivity index (χ3n) is 4.40. The topological polar surface area (TPSA) is 56.5 Å². The van der Waals surface area contributed by atoms with Crippen molar-refractivity contribution in [1.29, 1.82) is 0 Å². The van der Waals surface area contributed by atoms with Crippen LogP contribution in [0.3, 0.4) is 0 Å². The first kappa shape index (κ1) is 14.3. The van der Waals surface area contributed by atoms with E-state index in [9.17, 15) is 0 Å². The van der Waals surface area contributed by atoms with Gasteiger partial charge in [-0.3, -0.25) is 10.3 Å². The third kappa shape index (κ3) is 2.40. The molecule has 4 rings (SSSR count). The van der Waals surface area contributed by atoms with Gasteiger partial charge in [0.1, 0.15) is 5.75 Å². The van der Waals surface area contributed by atoms with E-state index >= 15 is 0 Å². The summed E-state index contributed by atoms with van der Waals surface area (Å²) in [6, 6.07) is 18.4. The molecule has 118 valence electrons. The SMILES string of the molecule is NCCCONC1=C2CC2(c2ccccc2)Oc2ccccc21. The Morgan fingerprint density at radius 1 is 1.09 bits per heavy atom. The molecule has 4 heteroatoms. The summed E-state index contributed by atoms with van der Waals surface area (Å²) < 4.78 is 6.36. The number of nitrogens with one attached hydrogen (secondary N) is 1. The molecule has 1 atom stereocenters. The molecular weight excluding hydrogens is 288 g/mol. The van der Waals surface area contributed by atoms with Crippen molar-refractivity contribution in [3.05, 3.63) is 71.3 Å². The summed E-state index contributed by atoms with van der Waals surface area (Å²) in [6.45, 7) is 1.22. The number of ether oxygens (including phenoxy) is 1. The molecule has 1 unspecified atom stereocenters. The van der Waals surface area contributed by atoms with Gasteiger partial charge in [-0.15, -0.1) is 0 Å². The lowest BCUT2D eigenvalue weighted by molar-refractivity contribution is 0.0757. The van der Waals surface area contributed by atoms with Gasteiger partial charge in [0.2, 0.25) is 0 Å². The van der Waals surface area contributed by atoms with E-state index in [4.69, 9.17) is 15.3 Å². The van der Waals surface area contributed by atoms with Gasteiger partial charge in [-0.25, -0.2) is 0 Å². The highest BCUT2D eigenvalue weighted by molar-refractivity contribution is 5.80. The molecule has 1 aliphatic heterocycles. The average Bonchev–Trinajstić information content (AvgIpc) is 3.34. The van der Waals surface area contributed by atoms with E-state index in [-0.39, 0.29) is 5.60 Å². The lowest BCUT2D eigenvalue weighted by Gasteiger charge is -2.26. The van der Waals surface area contributed by atoms with Crippen LogP contribution < -0.4 is 16.0 Å². The van der Waals surface area contributed by atoms with Crippen LogP contribution in [0, 0.1) is 0 Å². The summed E-state index contributed by atoms with van der Waals surface area (Å²) in [5, 5.41) is 0. The van der Waals surface area contributed by atoms with Gasteiger partial charge >= 0.3 is 0 Å². The number of para-hydroxylation sites is 1. The highest BCUT2D eigenvalue weighted by Crippen LogP contribution is 2.60. The maximum absolute atomic E-state index is 6.36. The van der Waals surface area contributed by atoms with E-state index in [1.807, 2.05) is 24.3 Å². The van der Waals surface area contributed by atoms with Crippen LogP contribution in [0.15, 0.2) is 60.2 Å². The first-order valence-electron chi connectivity index (χ1n) is 8.00. The van der Waals surface area contributed by atoms with Gasteiger partial charge in [-0.05, 0) is 25.1 Å². The lowest BCUT2D eigenvalue weighted by Crippen LogP contribution is -2.24.